The van der Waals surface area contributed by atoms with Gasteiger partial charge in [-0.1, -0.05) is 34.4 Å². The average Bonchev–Trinajstić information content (AvgIpc) is 3.05. The third-order valence-electron chi connectivity index (χ3n) is 4.43. The van der Waals surface area contributed by atoms with E-state index in [0.29, 0.717) is 0 Å². The van der Waals surface area contributed by atoms with Gasteiger partial charge in [-0.15, -0.1) is 0 Å². The van der Waals surface area contributed by atoms with Gasteiger partial charge in [0.15, 0.2) is 14.9 Å². The molecule has 1 heterocycles. The largest absolute Gasteiger partial charge is 0.435 e. The Morgan fingerprint density at radius 2 is 1.69 bits per heavy atom. The predicted molar refractivity (Wildman–Crippen MR) is 116 cm³/mol. The van der Waals surface area contributed by atoms with E-state index < -0.39 is 48.0 Å². The lowest BCUT2D eigenvalue weighted by Crippen LogP contribution is -2.42. The van der Waals surface area contributed by atoms with E-state index in [4.69, 9.17) is 33.2 Å². The summed E-state index contributed by atoms with van der Waals surface area (Å²) < 4.78 is 89.0. The molecule has 0 fully saturated rings. The van der Waals surface area contributed by atoms with Gasteiger partial charge in [0.1, 0.15) is 0 Å². The van der Waals surface area contributed by atoms with Gasteiger partial charge < -0.3 is 4.84 Å². The van der Waals surface area contributed by atoms with Gasteiger partial charge in [0, 0.05) is 32.1 Å². The number of oxime groups is 1. The fourth-order valence-corrected chi connectivity index (χ4v) is 7.57. The number of alkyl halides is 3. The summed E-state index contributed by atoms with van der Waals surface area (Å²) in [6, 6.07) is 6.81. The van der Waals surface area contributed by atoms with E-state index >= 15 is 0 Å². The van der Waals surface area contributed by atoms with Crippen LogP contribution in [-0.2, 0) is 30.3 Å². The van der Waals surface area contributed by atoms with Gasteiger partial charge in [-0.3, -0.25) is 0 Å². The highest BCUT2D eigenvalue weighted by atomic mass is 79.9. The molecule has 0 aliphatic carbocycles. The van der Waals surface area contributed by atoms with Crippen LogP contribution in [0.2, 0.25) is 10.0 Å². The minimum Gasteiger partial charge on any atom is -0.374 e. The topological polar surface area (TPSA) is 116 Å². The minimum atomic E-state index is -4.90. The van der Waals surface area contributed by atoms with E-state index in [0.717, 1.165) is 18.2 Å². The fraction of sp³-hybridized carbons (Fsp3) is 0.235. The Balaban J connectivity index is 2.00. The zero-order valence-corrected chi connectivity index (χ0v) is 20.3. The van der Waals surface area contributed by atoms with Crippen LogP contribution in [0.3, 0.4) is 0 Å². The van der Waals surface area contributed by atoms with Gasteiger partial charge in [0.25, 0.3) is 5.60 Å². The van der Waals surface area contributed by atoms with E-state index in [1.54, 1.807) is 0 Å². The van der Waals surface area contributed by atoms with Crippen molar-refractivity contribution >= 4 is 64.7 Å². The second-order valence-corrected chi connectivity index (χ2v) is 12.5. The summed E-state index contributed by atoms with van der Waals surface area (Å²) in [6.45, 7) is 0. The first-order valence-corrected chi connectivity index (χ1v) is 13.3. The van der Waals surface area contributed by atoms with Gasteiger partial charge in [0.05, 0.1) is 10.6 Å². The molecule has 1 aliphatic rings. The number of nitrogens with two attached hydrogens (primary N) is 1. The van der Waals surface area contributed by atoms with E-state index in [1.807, 2.05) is 0 Å². The summed E-state index contributed by atoms with van der Waals surface area (Å²) >= 11 is 14.7. The van der Waals surface area contributed by atoms with E-state index in [2.05, 4.69) is 21.1 Å². The molecule has 7 nitrogen and oxygen atoms in total. The molecule has 2 aromatic rings. The SMILES string of the molecule is NS(=O)(=O)CS(=O)(=O)c1ccc(C2=NOC(c3cc(Cl)cc(Cl)c3)(C(F)(F)F)C2)cc1Br. The van der Waals surface area contributed by atoms with Crippen molar-refractivity contribution in [3.8, 4) is 0 Å². The summed E-state index contributed by atoms with van der Waals surface area (Å²) in [5, 5.41) is 6.99. The maximum absolute atomic E-state index is 14.1. The summed E-state index contributed by atoms with van der Waals surface area (Å²) in [6.07, 6.45) is -5.65. The molecule has 3 rings (SSSR count). The lowest BCUT2D eigenvalue weighted by molar-refractivity contribution is -0.275. The number of primary sulfonamides is 1. The zero-order chi connectivity index (χ0) is 24.1. The molecule has 32 heavy (non-hydrogen) atoms. The Morgan fingerprint density at radius 3 is 2.19 bits per heavy atom. The van der Waals surface area contributed by atoms with Crippen LogP contribution >= 0.6 is 39.1 Å². The Hall–Kier alpha value is -1.38. The number of rotatable bonds is 5. The quantitative estimate of drug-likeness (QED) is 0.551. The Bertz CT molecular complexity index is 1310. The van der Waals surface area contributed by atoms with Crippen LogP contribution in [0.25, 0.3) is 0 Å². The Morgan fingerprint density at radius 1 is 1.09 bits per heavy atom. The second-order valence-electron chi connectivity index (χ2n) is 6.83. The highest BCUT2D eigenvalue weighted by molar-refractivity contribution is 9.10. The van der Waals surface area contributed by atoms with Crippen LogP contribution in [0.5, 0.6) is 0 Å². The van der Waals surface area contributed by atoms with Crippen molar-refractivity contribution in [1.29, 1.82) is 0 Å². The maximum atomic E-state index is 14.1. The number of sulfonamides is 1. The molecule has 0 bridgehead atoms. The van der Waals surface area contributed by atoms with Crippen molar-refractivity contribution in [3.63, 3.8) is 0 Å². The smallest absolute Gasteiger partial charge is 0.374 e. The lowest BCUT2D eigenvalue weighted by atomic mass is 9.86. The fourth-order valence-electron chi connectivity index (χ4n) is 3.06. The average molecular weight is 596 g/mol. The molecule has 174 valence electrons. The predicted octanol–water partition coefficient (Wildman–Crippen LogP) is 4.36. The van der Waals surface area contributed by atoms with E-state index in [1.165, 1.54) is 18.2 Å². The van der Waals surface area contributed by atoms with E-state index in [-0.39, 0.29) is 31.4 Å². The number of hydrogen-bond donors (Lipinski definition) is 1. The Kier molecular flexibility index (Phi) is 6.66. The standard InChI is InChI=1S/C17H12BrCl2F3N2O5S2/c18-13-3-9(1-2-15(13)31(26,27)8-32(24,28)29)14-7-16(30-25-14,17(21,22)23)10-4-11(19)6-12(20)5-10/h1-6H,7-8H2,(H2,24,28,29). The summed E-state index contributed by atoms with van der Waals surface area (Å²) in [5.74, 6) is 0. The summed E-state index contributed by atoms with van der Waals surface area (Å²) in [4.78, 5) is 4.48. The normalized spacial score (nSPS) is 19.5. The molecule has 1 aliphatic heterocycles. The molecule has 0 amide bonds. The molecule has 1 unspecified atom stereocenters. The molecular weight excluding hydrogens is 584 g/mol. The van der Waals surface area contributed by atoms with Crippen molar-refractivity contribution in [2.24, 2.45) is 10.3 Å². The van der Waals surface area contributed by atoms with Crippen LogP contribution in [0.4, 0.5) is 13.2 Å². The van der Waals surface area contributed by atoms with Crippen LogP contribution in [0, 0.1) is 0 Å². The molecule has 15 heteroatoms. The van der Waals surface area contributed by atoms with Gasteiger partial charge in [-0.05, 0) is 46.3 Å². The highest BCUT2D eigenvalue weighted by Gasteiger charge is 2.62. The molecular formula is C17H12BrCl2F3N2O5S2. The van der Waals surface area contributed by atoms with E-state index in [9.17, 15) is 30.0 Å². The van der Waals surface area contributed by atoms with Crippen molar-refractivity contribution in [1.82, 2.24) is 0 Å². The van der Waals surface area contributed by atoms with Crippen molar-refractivity contribution < 1.29 is 34.8 Å². The van der Waals surface area contributed by atoms with Gasteiger partial charge in [-0.2, -0.15) is 13.2 Å². The zero-order valence-electron chi connectivity index (χ0n) is 15.5. The highest BCUT2D eigenvalue weighted by Crippen LogP contribution is 2.49. The maximum Gasteiger partial charge on any atom is 0.435 e. The first kappa shape index (κ1) is 25.2. The van der Waals surface area contributed by atoms with Crippen molar-refractivity contribution in [2.45, 2.75) is 23.1 Å². The lowest BCUT2D eigenvalue weighted by Gasteiger charge is -2.29. The molecule has 2 aromatic carbocycles. The molecule has 0 spiro atoms. The molecule has 2 N–H and O–H groups in total. The van der Waals surface area contributed by atoms with Crippen molar-refractivity contribution in [2.75, 3.05) is 5.08 Å². The number of benzene rings is 2. The number of sulfone groups is 1. The minimum absolute atomic E-state index is 0.0275. The first-order chi connectivity index (χ1) is 14.5. The van der Waals surface area contributed by atoms with Gasteiger partial charge in [0.2, 0.25) is 10.0 Å². The van der Waals surface area contributed by atoms with Gasteiger partial charge in [-0.25, -0.2) is 22.0 Å². The second kappa shape index (κ2) is 8.44. The first-order valence-electron chi connectivity index (χ1n) is 8.36. The van der Waals surface area contributed by atoms with Crippen LogP contribution in [-0.4, -0.2) is 33.8 Å². The molecule has 0 aromatic heterocycles. The van der Waals surface area contributed by atoms with Crippen LogP contribution in [0.15, 0.2) is 50.9 Å². The van der Waals surface area contributed by atoms with Crippen molar-refractivity contribution in [3.05, 3.63) is 62.0 Å². The van der Waals surface area contributed by atoms with Gasteiger partial charge >= 0.3 is 6.18 Å². The van der Waals surface area contributed by atoms with Crippen LogP contribution in [0.1, 0.15) is 17.5 Å². The molecule has 0 saturated carbocycles. The summed E-state index contributed by atoms with van der Waals surface area (Å²) in [7, 11) is -8.67. The molecule has 0 radical (unpaired) electrons. The monoisotopic (exact) mass is 594 g/mol. The Labute approximate surface area is 199 Å². The number of nitrogens with zero attached hydrogens (tertiary/aromatic N) is 1. The van der Waals surface area contributed by atoms with Crippen LogP contribution < -0.4 is 5.14 Å². The summed E-state index contributed by atoms with van der Waals surface area (Å²) in [5.41, 5.74) is -3.23. The molecule has 1 atom stereocenters. The number of halogens is 6. The molecule has 0 saturated heterocycles. The third-order valence-corrected chi connectivity index (χ3v) is 9.37. The third kappa shape index (κ3) is 5.07. The number of hydrogen-bond acceptors (Lipinski definition) is 6.